The third kappa shape index (κ3) is 10.5. The maximum absolute atomic E-state index is 14.6. The molecule has 294 valence electrons. The van der Waals surface area contributed by atoms with Crippen molar-refractivity contribution in [3.8, 4) is 33.8 Å². The first-order valence-electron chi connectivity index (χ1n) is 17.9. The minimum absolute atomic E-state index is 0.242. The number of carbonyl (C=O) groups is 2. The molecule has 57 heavy (non-hydrogen) atoms. The van der Waals surface area contributed by atoms with Crippen LogP contribution in [0.2, 0.25) is 0 Å². The highest BCUT2D eigenvalue weighted by molar-refractivity contribution is 5.78. The number of carboxylic acids is 2. The summed E-state index contributed by atoms with van der Waals surface area (Å²) in [6.45, 7) is 7.04. The van der Waals surface area contributed by atoms with Gasteiger partial charge >= 0.3 is 11.9 Å². The molecule has 0 saturated carbocycles. The maximum atomic E-state index is 14.6. The van der Waals surface area contributed by atoms with Crippen LogP contribution in [-0.4, -0.2) is 49.5 Å². The second kappa shape index (κ2) is 18.3. The molecule has 0 aromatic heterocycles. The number of benzene rings is 6. The lowest BCUT2D eigenvalue weighted by Crippen LogP contribution is -2.14. The Kier molecular flexibility index (Phi) is 13.3. The molecule has 6 rings (SSSR count). The summed E-state index contributed by atoms with van der Waals surface area (Å²) >= 11 is 0. The first-order chi connectivity index (χ1) is 27.1. The van der Waals surface area contributed by atoms with Crippen LogP contribution in [0.5, 0.6) is 11.5 Å². The monoisotopic (exact) mass is 776 g/mol. The number of halogens is 3. The van der Waals surface area contributed by atoms with Gasteiger partial charge < -0.3 is 29.5 Å². The van der Waals surface area contributed by atoms with Crippen LogP contribution in [0, 0.1) is 45.1 Å². The lowest BCUT2D eigenvalue weighted by atomic mass is 9.98. The van der Waals surface area contributed by atoms with Gasteiger partial charge in [-0.05, 0) is 133 Å². The average Bonchev–Trinajstić information content (AvgIpc) is 3.18. The number of aliphatic carboxylic acids is 2. The Balaban J connectivity index is 0.000000218. The van der Waals surface area contributed by atoms with E-state index < -0.39 is 24.4 Å². The molecule has 8 nitrogen and oxygen atoms in total. The van der Waals surface area contributed by atoms with E-state index in [4.69, 9.17) is 19.7 Å². The van der Waals surface area contributed by atoms with Gasteiger partial charge in [-0.15, -0.1) is 0 Å². The van der Waals surface area contributed by atoms with Gasteiger partial charge in [-0.2, -0.15) is 0 Å². The molecule has 0 radical (unpaired) electrons. The van der Waals surface area contributed by atoms with Crippen molar-refractivity contribution in [1.29, 1.82) is 0 Å². The molecule has 0 unspecified atom stereocenters. The van der Waals surface area contributed by atoms with Gasteiger partial charge in [0.25, 0.3) is 0 Å². The first-order valence-corrected chi connectivity index (χ1v) is 17.9. The molecule has 11 heteroatoms. The number of hydrogen-bond acceptors (Lipinski definition) is 6. The van der Waals surface area contributed by atoms with Crippen LogP contribution in [0.15, 0.2) is 115 Å². The molecule has 0 heterocycles. The molecular formula is C46H43F3N2O6. The number of rotatable bonds is 12. The van der Waals surface area contributed by atoms with E-state index in [2.05, 4.69) is 0 Å². The molecule has 0 aliphatic heterocycles. The molecule has 0 fully saturated rings. The van der Waals surface area contributed by atoms with Crippen molar-refractivity contribution in [3.05, 3.63) is 155 Å². The third-order valence-corrected chi connectivity index (χ3v) is 9.53. The van der Waals surface area contributed by atoms with Crippen molar-refractivity contribution in [3.63, 3.8) is 0 Å². The maximum Gasteiger partial charge on any atom is 0.341 e. The molecule has 6 aromatic rings. The number of anilines is 4. The van der Waals surface area contributed by atoms with Crippen LogP contribution in [-0.2, 0) is 9.59 Å². The van der Waals surface area contributed by atoms with E-state index in [0.717, 1.165) is 61.6 Å². The van der Waals surface area contributed by atoms with Crippen LogP contribution in [0.25, 0.3) is 22.3 Å². The lowest BCUT2D eigenvalue weighted by Gasteiger charge is -2.25. The standard InChI is InChI=1S/C23H21F2NO3.C23H22FNO3/c1-14-9-17(16-5-4-6-18(24)10-16)11-21(15(14)2)26(3)22-12-19(7-8-20(22)25)29-13-23(27)28;1-15-10-18(17-6-4-7-19(24)11-17)12-22(16(15)2)25(3)20-8-5-9-21(13-20)28-14-23(26)27/h4-12H,13H2,1-3H3,(H,27,28);4-13H,14H2,1-3H3,(H,26,27). The number of hydrogen-bond donors (Lipinski definition) is 2. The van der Waals surface area contributed by atoms with E-state index in [1.807, 2.05) is 88.2 Å². The molecule has 0 aliphatic rings. The molecule has 0 amide bonds. The zero-order chi connectivity index (χ0) is 41.4. The summed E-state index contributed by atoms with van der Waals surface area (Å²) in [6.07, 6.45) is 0. The van der Waals surface area contributed by atoms with Crippen molar-refractivity contribution in [2.75, 3.05) is 37.1 Å². The van der Waals surface area contributed by atoms with E-state index in [1.54, 1.807) is 36.2 Å². The zero-order valence-corrected chi connectivity index (χ0v) is 32.4. The molecule has 0 saturated heterocycles. The van der Waals surface area contributed by atoms with Crippen LogP contribution < -0.4 is 19.3 Å². The normalized spacial score (nSPS) is 10.6. The summed E-state index contributed by atoms with van der Waals surface area (Å²) in [6, 6.07) is 32.1. The fourth-order valence-corrected chi connectivity index (χ4v) is 6.23. The van der Waals surface area contributed by atoms with Crippen molar-refractivity contribution < 1.29 is 42.4 Å². The van der Waals surface area contributed by atoms with Gasteiger partial charge in [0.05, 0.1) is 5.69 Å². The number of nitrogens with zero attached hydrogens (tertiary/aromatic N) is 2. The molecule has 6 aromatic carbocycles. The summed E-state index contributed by atoms with van der Waals surface area (Å²) in [5, 5.41) is 17.6. The quantitative estimate of drug-likeness (QED) is 0.127. The number of aryl methyl sites for hydroxylation is 2. The molecular weight excluding hydrogens is 734 g/mol. The second-order valence-electron chi connectivity index (χ2n) is 13.5. The van der Waals surface area contributed by atoms with Crippen LogP contribution in [0.1, 0.15) is 22.3 Å². The first kappa shape index (κ1) is 41.4. The van der Waals surface area contributed by atoms with Gasteiger partial charge in [-0.25, -0.2) is 22.8 Å². The summed E-state index contributed by atoms with van der Waals surface area (Å²) in [5.74, 6) is -2.46. The second-order valence-corrected chi connectivity index (χ2v) is 13.5. The smallest absolute Gasteiger partial charge is 0.341 e. The van der Waals surface area contributed by atoms with Crippen LogP contribution >= 0.6 is 0 Å². The topological polar surface area (TPSA) is 99.5 Å². The van der Waals surface area contributed by atoms with Crippen molar-refractivity contribution in [2.45, 2.75) is 27.7 Å². The van der Waals surface area contributed by atoms with Gasteiger partial charge in [0.15, 0.2) is 13.2 Å². The Labute approximate surface area is 330 Å². The Morgan fingerprint density at radius 2 is 1.00 bits per heavy atom. The highest BCUT2D eigenvalue weighted by atomic mass is 19.1. The van der Waals surface area contributed by atoms with E-state index >= 15 is 0 Å². The minimum Gasteiger partial charge on any atom is -0.482 e. The highest BCUT2D eigenvalue weighted by Gasteiger charge is 2.17. The molecule has 0 bridgehead atoms. The number of ether oxygens (including phenoxy) is 2. The van der Waals surface area contributed by atoms with Crippen LogP contribution in [0.4, 0.5) is 35.9 Å². The summed E-state index contributed by atoms with van der Waals surface area (Å²) in [4.78, 5) is 25.1. The third-order valence-electron chi connectivity index (χ3n) is 9.53. The van der Waals surface area contributed by atoms with Gasteiger partial charge in [-0.1, -0.05) is 42.5 Å². The van der Waals surface area contributed by atoms with Gasteiger partial charge in [0.1, 0.15) is 29.0 Å². The Morgan fingerprint density at radius 1 is 0.526 bits per heavy atom. The van der Waals surface area contributed by atoms with Crippen molar-refractivity contribution in [2.24, 2.45) is 0 Å². The van der Waals surface area contributed by atoms with Crippen molar-refractivity contribution >= 4 is 34.7 Å². The fourth-order valence-electron chi connectivity index (χ4n) is 6.23. The molecule has 2 N–H and O–H groups in total. The van der Waals surface area contributed by atoms with E-state index in [0.29, 0.717) is 5.75 Å². The number of carboxylic acid groups (broad SMARTS) is 2. The zero-order valence-electron chi connectivity index (χ0n) is 32.4. The van der Waals surface area contributed by atoms with E-state index in [-0.39, 0.29) is 29.7 Å². The largest absolute Gasteiger partial charge is 0.482 e. The summed E-state index contributed by atoms with van der Waals surface area (Å²) in [5.41, 5.74) is 10.3. The van der Waals surface area contributed by atoms with Gasteiger partial charge in [-0.3, -0.25) is 0 Å². The SMILES string of the molecule is Cc1cc(-c2cccc(F)c2)cc(N(C)c2cc(OCC(=O)O)ccc2F)c1C.Cc1cc(-c2cccc(F)c2)cc(N(C)c2cccc(OCC(=O)O)c2)c1C. The van der Waals surface area contributed by atoms with Crippen molar-refractivity contribution in [1.82, 2.24) is 0 Å². The average molecular weight is 777 g/mol. The molecule has 0 atom stereocenters. The van der Waals surface area contributed by atoms with Crippen LogP contribution in [0.3, 0.4) is 0 Å². The fraction of sp³-hybridized carbons (Fsp3) is 0.174. The Bertz CT molecular complexity index is 2420. The Morgan fingerprint density at radius 3 is 1.49 bits per heavy atom. The van der Waals surface area contributed by atoms with E-state index in [9.17, 15) is 22.8 Å². The predicted molar refractivity (Wildman–Crippen MR) is 218 cm³/mol. The summed E-state index contributed by atoms with van der Waals surface area (Å²) < 4.78 is 52.3. The van der Waals surface area contributed by atoms with E-state index in [1.165, 1.54) is 42.5 Å². The van der Waals surface area contributed by atoms with Gasteiger partial charge in [0, 0.05) is 43.3 Å². The minimum atomic E-state index is -1.11. The summed E-state index contributed by atoms with van der Waals surface area (Å²) in [7, 11) is 3.66. The highest BCUT2D eigenvalue weighted by Crippen LogP contribution is 2.37. The molecule has 0 spiro atoms. The lowest BCUT2D eigenvalue weighted by molar-refractivity contribution is -0.140. The van der Waals surface area contributed by atoms with Gasteiger partial charge in [0.2, 0.25) is 0 Å². The Hall–Kier alpha value is -6.75. The molecule has 0 aliphatic carbocycles. The predicted octanol–water partition coefficient (Wildman–Crippen LogP) is 10.8.